The van der Waals surface area contributed by atoms with E-state index in [1.807, 2.05) is 18.2 Å². The molecule has 0 unspecified atom stereocenters. The number of nitrogens with one attached hydrogen (secondary N) is 1. The van der Waals surface area contributed by atoms with Crippen LogP contribution in [0.25, 0.3) is 10.9 Å². The second-order valence-corrected chi connectivity index (χ2v) is 10.3. The topological polar surface area (TPSA) is 121 Å². The third-order valence-electron chi connectivity index (χ3n) is 7.15. The van der Waals surface area contributed by atoms with Crippen molar-refractivity contribution in [2.75, 3.05) is 50.2 Å². The second-order valence-electron chi connectivity index (χ2n) is 10.3. The van der Waals surface area contributed by atoms with Gasteiger partial charge in [0.15, 0.2) is 5.75 Å². The molecule has 0 aliphatic carbocycles. The first-order valence-corrected chi connectivity index (χ1v) is 14.4. The van der Waals surface area contributed by atoms with Gasteiger partial charge in [-0.3, -0.25) is 19.0 Å². The van der Waals surface area contributed by atoms with Crippen LogP contribution in [-0.4, -0.2) is 61.4 Å². The van der Waals surface area contributed by atoms with Gasteiger partial charge in [-0.15, -0.1) is 0 Å². The number of hydrogen-bond donors (Lipinski definition) is 1. The summed E-state index contributed by atoms with van der Waals surface area (Å²) in [4.78, 5) is 44.4. The van der Waals surface area contributed by atoms with Crippen molar-refractivity contribution in [1.82, 2.24) is 9.55 Å². The molecule has 3 aromatic carbocycles. The molecule has 2 heterocycles. The molecule has 1 aliphatic heterocycles. The Kier molecular flexibility index (Phi) is 10.1. The number of benzene rings is 3. The van der Waals surface area contributed by atoms with E-state index in [0.717, 1.165) is 22.4 Å². The molecule has 0 saturated carbocycles. The van der Waals surface area contributed by atoms with Crippen molar-refractivity contribution in [3.05, 3.63) is 82.9 Å². The first-order valence-electron chi connectivity index (χ1n) is 14.4. The van der Waals surface area contributed by atoms with Gasteiger partial charge >= 0.3 is 12.1 Å². The fourth-order valence-corrected chi connectivity index (χ4v) is 4.75. The number of alkyl halides is 3. The summed E-state index contributed by atoms with van der Waals surface area (Å²) >= 11 is 0. The lowest BCUT2D eigenvalue weighted by Crippen LogP contribution is -2.36. The molecule has 14 heteroatoms. The third kappa shape index (κ3) is 8.13. The minimum atomic E-state index is -4.44. The molecular formula is C32H31F3N4O7. The van der Waals surface area contributed by atoms with Crippen LogP contribution in [0.3, 0.4) is 0 Å². The number of carbonyl (C=O) groups excluding carboxylic acids is 2. The van der Waals surface area contributed by atoms with Crippen molar-refractivity contribution >= 4 is 34.2 Å². The van der Waals surface area contributed by atoms with Crippen molar-refractivity contribution in [3.63, 3.8) is 0 Å². The minimum absolute atomic E-state index is 0.0266. The molecule has 46 heavy (non-hydrogen) atoms. The van der Waals surface area contributed by atoms with Crippen molar-refractivity contribution in [2.45, 2.75) is 25.6 Å². The highest BCUT2D eigenvalue weighted by Crippen LogP contribution is 2.34. The summed E-state index contributed by atoms with van der Waals surface area (Å²) in [6, 6.07) is 14.7. The van der Waals surface area contributed by atoms with Gasteiger partial charge in [0.25, 0.3) is 5.56 Å². The lowest BCUT2D eigenvalue weighted by atomic mass is 10.2. The maximum Gasteiger partial charge on any atom is 0.416 e. The quantitative estimate of drug-likeness (QED) is 0.178. The predicted octanol–water partition coefficient (Wildman–Crippen LogP) is 5.01. The molecule has 1 N–H and O–H groups in total. The molecule has 0 atom stereocenters. The first kappa shape index (κ1) is 32.3. The molecule has 1 aliphatic rings. The lowest BCUT2D eigenvalue weighted by molar-refractivity contribution is -0.141. The zero-order chi connectivity index (χ0) is 32.7. The summed E-state index contributed by atoms with van der Waals surface area (Å²) in [7, 11) is 1.22. The Morgan fingerprint density at radius 1 is 1.02 bits per heavy atom. The van der Waals surface area contributed by atoms with Crippen LogP contribution in [0.5, 0.6) is 17.2 Å². The molecule has 1 fully saturated rings. The van der Waals surface area contributed by atoms with E-state index in [9.17, 15) is 27.6 Å². The molecule has 242 valence electrons. The average molecular weight is 641 g/mol. The summed E-state index contributed by atoms with van der Waals surface area (Å²) < 4.78 is 61.3. The van der Waals surface area contributed by atoms with E-state index in [-0.39, 0.29) is 60.0 Å². The number of methoxy groups -OCH3 is 1. The van der Waals surface area contributed by atoms with Gasteiger partial charge in [0.05, 0.1) is 55.4 Å². The molecule has 1 aromatic heterocycles. The highest BCUT2D eigenvalue weighted by atomic mass is 19.4. The Bertz CT molecular complexity index is 1750. The number of hydrogen-bond acceptors (Lipinski definition) is 9. The van der Waals surface area contributed by atoms with E-state index in [4.69, 9.17) is 14.2 Å². The van der Waals surface area contributed by atoms with Crippen LogP contribution in [-0.2, 0) is 31.8 Å². The Hall–Kier alpha value is -5.11. The van der Waals surface area contributed by atoms with Gasteiger partial charge < -0.3 is 29.2 Å². The van der Waals surface area contributed by atoms with Crippen LogP contribution in [0.4, 0.5) is 24.5 Å². The molecule has 0 radical (unpaired) electrons. The van der Waals surface area contributed by atoms with Crippen LogP contribution >= 0.6 is 0 Å². The predicted molar refractivity (Wildman–Crippen MR) is 162 cm³/mol. The van der Waals surface area contributed by atoms with Crippen LogP contribution < -0.4 is 25.2 Å². The third-order valence-corrected chi connectivity index (χ3v) is 7.15. The number of halogens is 3. The maximum absolute atomic E-state index is 13.2. The van der Waals surface area contributed by atoms with Gasteiger partial charge in [-0.2, -0.15) is 13.2 Å². The standard InChI is InChI=1S/C32H31F3N4O7/c1-43-30(41)19-39-20-36-26-18-27(37-29(40)6-3-13-45-23-9-7-21(8-10-23)32(33,34)35)28(17-25(26)31(39)42)46-24-5-2-4-22(16-24)38-11-14-44-15-12-38/h2,4-5,7-10,16-18,20H,3,6,11-15,19H2,1H3,(H,37,40). The first-order chi connectivity index (χ1) is 22.1. The molecule has 4 aromatic rings. The number of ether oxygens (including phenoxy) is 4. The SMILES string of the molecule is COC(=O)Cn1cnc2cc(NC(=O)CCCOc3ccc(C(F)(F)F)cc3)c(Oc3cccc(N4CCOCC4)c3)cc2c1=O. The fourth-order valence-electron chi connectivity index (χ4n) is 4.75. The molecular weight excluding hydrogens is 609 g/mol. The number of morpholine rings is 1. The number of esters is 1. The number of rotatable bonds is 11. The smallest absolute Gasteiger partial charge is 0.416 e. The van der Waals surface area contributed by atoms with Crippen LogP contribution in [0.2, 0.25) is 0 Å². The maximum atomic E-state index is 13.2. The van der Waals surface area contributed by atoms with Gasteiger partial charge in [-0.05, 0) is 55.0 Å². The van der Waals surface area contributed by atoms with Gasteiger partial charge in [-0.1, -0.05) is 6.07 Å². The number of anilines is 2. The van der Waals surface area contributed by atoms with E-state index in [1.54, 1.807) is 6.07 Å². The Balaban J connectivity index is 1.33. The zero-order valence-electron chi connectivity index (χ0n) is 24.8. The number of fused-ring (bicyclic) bond motifs is 1. The largest absolute Gasteiger partial charge is 0.494 e. The molecule has 1 amide bonds. The van der Waals surface area contributed by atoms with Crippen molar-refractivity contribution in [1.29, 1.82) is 0 Å². The number of amides is 1. The summed E-state index contributed by atoms with van der Waals surface area (Å²) in [5.74, 6) is -0.118. The molecule has 0 bridgehead atoms. The van der Waals surface area contributed by atoms with E-state index >= 15 is 0 Å². The van der Waals surface area contributed by atoms with E-state index in [0.29, 0.717) is 32.1 Å². The monoisotopic (exact) mass is 640 g/mol. The highest BCUT2D eigenvalue weighted by molar-refractivity contribution is 5.96. The Morgan fingerprint density at radius 3 is 2.50 bits per heavy atom. The molecule has 0 spiro atoms. The Labute approximate surface area is 261 Å². The Morgan fingerprint density at radius 2 is 1.78 bits per heavy atom. The highest BCUT2D eigenvalue weighted by Gasteiger charge is 2.30. The summed E-state index contributed by atoms with van der Waals surface area (Å²) in [6.07, 6.45) is -2.92. The molecule has 5 rings (SSSR count). The van der Waals surface area contributed by atoms with Crippen LogP contribution in [0, 0.1) is 0 Å². The van der Waals surface area contributed by atoms with Gasteiger partial charge in [0, 0.05) is 31.3 Å². The van der Waals surface area contributed by atoms with Crippen molar-refractivity contribution in [3.8, 4) is 17.2 Å². The van der Waals surface area contributed by atoms with Gasteiger partial charge in [0.1, 0.15) is 18.0 Å². The second kappa shape index (κ2) is 14.3. The average Bonchev–Trinajstić information content (AvgIpc) is 3.05. The molecule has 1 saturated heterocycles. The van der Waals surface area contributed by atoms with Crippen LogP contribution in [0.1, 0.15) is 18.4 Å². The zero-order valence-corrected chi connectivity index (χ0v) is 24.8. The number of aromatic nitrogens is 2. The molecule has 11 nitrogen and oxygen atoms in total. The van der Waals surface area contributed by atoms with Crippen LogP contribution in [0.15, 0.2) is 71.8 Å². The lowest BCUT2D eigenvalue weighted by Gasteiger charge is -2.29. The minimum Gasteiger partial charge on any atom is -0.494 e. The summed E-state index contributed by atoms with van der Waals surface area (Å²) in [5, 5.41) is 2.97. The van der Waals surface area contributed by atoms with Gasteiger partial charge in [-0.25, -0.2) is 4.98 Å². The van der Waals surface area contributed by atoms with E-state index in [2.05, 4.69) is 19.9 Å². The normalized spacial score (nSPS) is 13.3. The number of carbonyl (C=O) groups is 2. The summed E-state index contributed by atoms with van der Waals surface area (Å²) in [5.41, 5.74) is 0.164. The van der Waals surface area contributed by atoms with Gasteiger partial charge in [0.2, 0.25) is 5.91 Å². The van der Waals surface area contributed by atoms with E-state index in [1.165, 1.54) is 37.7 Å². The van der Waals surface area contributed by atoms with Crippen molar-refractivity contribution in [2.24, 2.45) is 0 Å². The summed E-state index contributed by atoms with van der Waals surface area (Å²) in [6.45, 7) is 2.40. The van der Waals surface area contributed by atoms with Crippen molar-refractivity contribution < 1.29 is 41.7 Å². The van der Waals surface area contributed by atoms with E-state index < -0.39 is 23.3 Å². The number of nitrogens with zero attached hydrogens (tertiary/aromatic N) is 3. The fraction of sp³-hybridized carbons (Fsp3) is 0.312.